The Kier molecular flexibility index (Phi) is 4.27. The first-order valence-corrected chi connectivity index (χ1v) is 7.13. The van der Waals surface area contributed by atoms with Crippen LogP contribution in [0.1, 0.15) is 15.2 Å². The van der Waals surface area contributed by atoms with Gasteiger partial charge in [-0.3, -0.25) is 4.79 Å². The van der Waals surface area contributed by atoms with Crippen molar-refractivity contribution in [2.75, 3.05) is 5.73 Å². The van der Waals surface area contributed by atoms with Crippen molar-refractivity contribution in [2.24, 2.45) is 0 Å². The van der Waals surface area contributed by atoms with Gasteiger partial charge in [-0.25, -0.2) is 0 Å². The topological polar surface area (TPSA) is 55.1 Å². The van der Waals surface area contributed by atoms with E-state index in [4.69, 9.17) is 17.3 Å². The zero-order chi connectivity index (χ0) is 13.1. The van der Waals surface area contributed by atoms with Crippen molar-refractivity contribution in [1.82, 2.24) is 5.32 Å². The van der Waals surface area contributed by atoms with Gasteiger partial charge in [0.2, 0.25) is 0 Å². The van der Waals surface area contributed by atoms with E-state index in [-0.39, 0.29) is 5.91 Å². The van der Waals surface area contributed by atoms with Crippen LogP contribution in [0.3, 0.4) is 0 Å². The quantitative estimate of drug-likeness (QED) is 0.834. The molecule has 18 heavy (non-hydrogen) atoms. The average molecular weight is 346 g/mol. The number of hydrogen-bond acceptors (Lipinski definition) is 3. The second-order valence-electron chi connectivity index (χ2n) is 3.60. The lowest BCUT2D eigenvalue weighted by Crippen LogP contribution is -2.22. The normalized spacial score (nSPS) is 10.3. The molecular weight excluding hydrogens is 336 g/mol. The minimum atomic E-state index is -0.168. The first kappa shape index (κ1) is 13.4. The Hall–Kier alpha value is -1.04. The Morgan fingerprint density at radius 3 is 2.83 bits per heavy atom. The molecule has 3 nitrogen and oxygen atoms in total. The molecule has 6 heteroatoms. The van der Waals surface area contributed by atoms with E-state index in [9.17, 15) is 4.79 Å². The number of nitrogen functional groups attached to an aromatic ring is 1. The van der Waals surface area contributed by atoms with Gasteiger partial charge >= 0.3 is 0 Å². The van der Waals surface area contributed by atoms with Crippen molar-refractivity contribution < 1.29 is 4.79 Å². The zero-order valence-corrected chi connectivity index (χ0v) is 12.4. The molecule has 1 aromatic carbocycles. The number of anilines is 1. The fourth-order valence-electron chi connectivity index (χ4n) is 1.43. The summed E-state index contributed by atoms with van der Waals surface area (Å²) in [7, 11) is 0. The maximum Gasteiger partial charge on any atom is 0.252 e. The van der Waals surface area contributed by atoms with Gasteiger partial charge in [0.15, 0.2) is 0 Å². The van der Waals surface area contributed by atoms with Gasteiger partial charge < -0.3 is 11.1 Å². The lowest BCUT2D eigenvalue weighted by Gasteiger charge is -2.07. The van der Waals surface area contributed by atoms with Crippen LogP contribution in [0.15, 0.2) is 34.8 Å². The molecule has 2 aromatic rings. The highest BCUT2D eigenvalue weighted by atomic mass is 79.9. The number of halogens is 2. The molecule has 2 rings (SSSR count). The molecule has 0 bridgehead atoms. The number of amides is 1. The van der Waals surface area contributed by atoms with E-state index in [0.29, 0.717) is 26.6 Å². The van der Waals surface area contributed by atoms with Crippen molar-refractivity contribution >= 4 is 50.5 Å². The van der Waals surface area contributed by atoms with E-state index in [2.05, 4.69) is 21.2 Å². The Labute approximate surface area is 122 Å². The van der Waals surface area contributed by atoms with Gasteiger partial charge in [-0.05, 0) is 40.2 Å². The van der Waals surface area contributed by atoms with Crippen LogP contribution in [0.4, 0.5) is 5.69 Å². The molecular formula is C12H10BrClN2OS. The highest BCUT2D eigenvalue weighted by molar-refractivity contribution is 9.10. The SMILES string of the molecule is Nc1cccc(C(=O)NCc2ccc(Cl)s2)c1Br. The van der Waals surface area contributed by atoms with Crippen molar-refractivity contribution in [2.45, 2.75) is 6.54 Å². The lowest BCUT2D eigenvalue weighted by molar-refractivity contribution is 0.0950. The predicted octanol–water partition coefficient (Wildman–Crippen LogP) is 3.68. The molecule has 0 aliphatic heterocycles. The van der Waals surface area contributed by atoms with Gasteiger partial charge in [0.1, 0.15) is 0 Å². The number of carbonyl (C=O) groups is 1. The molecule has 3 N–H and O–H groups in total. The summed E-state index contributed by atoms with van der Waals surface area (Å²) in [6, 6.07) is 8.90. The number of benzene rings is 1. The molecule has 1 amide bonds. The van der Waals surface area contributed by atoms with Gasteiger partial charge in [0.05, 0.1) is 20.9 Å². The first-order valence-electron chi connectivity index (χ1n) is 5.14. The summed E-state index contributed by atoms with van der Waals surface area (Å²) >= 11 is 10.6. The Morgan fingerprint density at radius 2 is 2.17 bits per heavy atom. The fraction of sp³-hybridized carbons (Fsp3) is 0.0833. The number of thiophene rings is 1. The van der Waals surface area contributed by atoms with Crippen LogP contribution in [0.2, 0.25) is 4.34 Å². The van der Waals surface area contributed by atoms with Crippen LogP contribution >= 0.6 is 38.9 Å². The third-order valence-electron chi connectivity index (χ3n) is 2.33. The van der Waals surface area contributed by atoms with Crippen LogP contribution in [-0.4, -0.2) is 5.91 Å². The molecule has 1 aromatic heterocycles. The van der Waals surface area contributed by atoms with Gasteiger partial charge in [-0.15, -0.1) is 11.3 Å². The van der Waals surface area contributed by atoms with Gasteiger partial charge in [-0.2, -0.15) is 0 Å². The summed E-state index contributed by atoms with van der Waals surface area (Å²) in [5, 5.41) is 2.82. The smallest absolute Gasteiger partial charge is 0.252 e. The first-order chi connectivity index (χ1) is 8.58. The lowest BCUT2D eigenvalue weighted by atomic mass is 10.2. The van der Waals surface area contributed by atoms with Crippen molar-refractivity contribution in [1.29, 1.82) is 0 Å². The van der Waals surface area contributed by atoms with Crippen LogP contribution in [0.5, 0.6) is 0 Å². The van der Waals surface area contributed by atoms with E-state index in [1.165, 1.54) is 11.3 Å². The number of hydrogen-bond donors (Lipinski definition) is 2. The average Bonchev–Trinajstić information content (AvgIpc) is 2.76. The van der Waals surface area contributed by atoms with Crippen LogP contribution in [0, 0.1) is 0 Å². The second kappa shape index (κ2) is 5.73. The predicted molar refractivity (Wildman–Crippen MR) is 79.1 cm³/mol. The van der Waals surface area contributed by atoms with Gasteiger partial charge in [0.25, 0.3) is 5.91 Å². The largest absolute Gasteiger partial charge is 0.398 e. The van der Waals surface area contributed by atoms with Gasteiger partial charge in [0, 0.05) is 10.6 Å². The molecule has 94 valence electrons. The van der Waals surface area contributed by atoms with Crippen molar-refractivity contribution in [3.05, 3.63) is 49.6 Å². The Bertz CT molecular complexity index is 585. The number of carbonyl (C=O) groups excluding carboxylic acids is 1. The van der Waals surface area contributed by atoms with Crippen LogP contribution in [0.25, 0.3) is 0 Å². The van der Waals surface area contributed by atoms with Crippen LogP contribution < -0.4 is 11.1 Å². The van der Waals surface area contributed by atoms with Crippen molar-refractivity contribution in [3.63, 3.8) is 0 Å². The molecule has 0 aliphatic carbocycles. The summed E-state index contributed by atoms with van der Waals surface area (Å²) in [6.45, 7) is 0.456. The fourth-order valence-corrected chi connectivity index (χ4v) is 2.91. The summed E-state index contributed by atoms with van der Waals surface area (Å²) in [6.07, 6.45) is 0. The highest BCUT2D eigenvalue weighted by Gasteiger charge is 2.11. The Balaban J connectivity index is 2.06. The van der Waals surface area contributed by atoms with E-state index < -0.39 is 0 Å². The molecule has 1 heterocycles. The van der Waals surface area contributed by atoms with E-state index in [1.807, 2.05) is 12.1 Å². The monoisotopic (exact) mass is 344 g/mol. The van der Waals surface area contributed by atoms with E-state index in [1.54, 1.807) is 18.2 Å². The minimum absolute atomic E-state index is 0.168. The standard InChI is InChI=1S/C12H10BrClN2OS/c13-11-8(2-1-3-9(11)15)12(17)16-6-7-4-5-10(14)18-7/h1-5H,6,15H2,(H,16,17). The summed E-state index contributed by atoms with van der Waals surface area (Å²) in [4.78, 5) is 13.0. The molecule has 0 radical (unpaired) electrons. The summed E-state index contributed by atoms with van der Waals surface area (Å²) < 4.78 is 1.33. The minimum Gasteiger partial charge on any atom is -0.398 e. The molecule has 0 atom stereocenters. The number of rotatable bonds is 3. The molecule has 0 saturated heterocycles. The third-order valence-corrected chi connectivity index (χ3v) is 4.44. The zero-order valence-electron chi connectivity index (χ0n) is 9.24. The van der Waals surface area contributed by atoms with Gasteiger partial charge in [-0.1, -0.05) is 17.7 Å². The summed E-state index contributed by atoms with van der Waals surface area (Å²) in [5.41, 5.74) is 6.80. The van der Waals surface area contributed by atoms with E-state index >= 15 is 0 Å². The Morgan fingerprint density at radius 1 is 1.39 bits per heavy atom. The summed E-state index contributed by atoms with van der Waals surface area (Å²) in [5.74, 6) is -0.168. The number of nitrogens with two attached hydrogens (primary N) is 1. The maximum atomic E-state index is 12.0. The van der Waals surface area contributed by atoms with E-state index in [0.717, 1.165) is 4.88 Å². The second-order valence-corrected chi connectivity index (χ2v) is 6.19. The highest BCUT2D eigenvalue weighted by Crippen LogP contribution is 2.24. The molecule has 0 aliphatic rings. The molecule has 0 fully saturated rings. The molecule has 0 spiro atoms. The third kappa shape index (κ3) is 3.04. The van der Waals surface area contributed by atoms with Crippen molar-refractivity contribution in [3.8, 4) is 0 Å². The van der Waals surface area contributed by atoms with Crippen LogP contribution in [-0.2, 0) is 6.54 Å². The molecule has 0 saturated carbocycles. The molecule has 0 unspecified atom stereocenters. The number of nitrogens with one attached hydrogen (secondary N) is 1. The maximum absolute atomic E-state index is 12.0.